The first kappa shape index (κ1) is 99.2. The van der Waals surface area contributed by atoms with Gasteiger partial charge in [-0.3, -0.25) is 86.3 Å². The SMILES string of the molecule is CCCC[C@@H]1C(=O)N(C)[C@H](CCCC)C(=O)N[C@@H](C)C(=O)N[C@@H](C(=O)NCC(N)=O)CSCC(=O)N[C@@H](Cc2ccc(O)cc2)C(=O)N2CCCC2C(=O)N[C@H](CC(=O)O)C(=O)N2CCC[C@H]2C(=O)N[C@H](CN)C(=O)N[C@@H](CCC(=O)O)C(=O)N2CCCC2C(=O)N[C@H](Cc2c[nH]c3ccccc23)C(=O)C[C@@H](CCN)C(=O)N[C@@H](Cc2c[nH]c3ccccc23)C(=O)N1C. The molecule has 20 N–H and O–H groups in total. The monoisotopic (exact) mass is 1800 g/mol. The second-order valence-electron chi connectivity index (χ2n) is 32.9. The van der Waals surface area contributed by atoms with Gasteiger partial charge in [-0.2, -0.15) is 0 Å². The van der Waals surface area contributed by atoms with Crippen molar-refractivity contribution in [3.05, 3.63) is 102 Å². The Kier molecular flexibility index (Phi) is 36.7. The predicted molar refractivity (Wildman–Crippen MR) is 468 cm³/mol. The van der Waals surface area contributed by atoms with Crippen LogP contribution in [0.15, 0.2) is 85.2 Å². The molecule has 2 unspecified atom stereocenters. The maximum absolute atomic E-state index is 15.7. The number of thioether (sulfide) groups is 1. The number of unbranched alkanes of at least 4 members (excludes halogenated alkanes) is 2. The number of ketones is 1. The average molecular weight is 1800 g/mol. The molecule has 14 atom stereocenters. The first-order valence-electron chi connectivity index (χ1n) is 43.4. The fourth-order valence-corrected chi connectivity index (χ4v) is 17.6. The molecule has 0 bridgehead atoms. The number of benzene rings is 3. The normalized spacial score (nSPS) is 25.4. The van der Waals surface area contributed by atoms with E-state index >= 15 is 28.8 Å². The minimum atomic E-state index is -1.88. The highest BCUT2D eigenvalue weighted by atomic mass is 32.2. The summed E-state index contributed by atoms with van der Waals surface area (Å²) >= 11 is 0.789. The molecule has 3 aromatic carbocycles. The van der Waals surface area contributed by atoms with Crippen molar-refractivity contribution in [1.29, 1.82) is 0 Å². The standard InChI is InChI=1S/C87H119N19O21S/c1-6-8-21-65-79(119)94-48(3)75(115)101-64(77(117)93-45-71(90)109)46-128-47-72(110)95-60(37-49-26-28-53(107)29-27-49)85(125)105-35-15-24-67(105)81(121)99-62(41-74(113)114)86(126)106-36-16-25-68(106)82(122)100-63(42-89)78(118)96-58(30-31-73(111)112)84(124)104-34-14-23-66(104)80(120)97-59(38-51-43-91-56-19-12-10-17-54(51)56)70(108)40-50(32-33-88)76(116)98-61(39-52-44-92-57-20-13-11-18-55(52)57)83(123)103(5)69(22-9-7-2)87(127)102(65)4/h10-13,17-20,26-29,43-44,48,50,58-69,91-92,107H,6-9,14-16,21-25,30-42,45-47,88-89H2,1-5H3,(H2,90,109)(H,93,117)(H,94,119)(H,95,110)(H,96,118)(H,97,120)(H,98,116)(H,99,121)(H,100,122)(H,101,115)(H,111,112)(H,113,114)/t48-,50+,58-,59+,60-,61-,62+,63+,64+,65+,66?,67?,68-,69+/m0/s1. The highest BCUT2D eigenvalue weighted by Gasteiger charge is 2.46. The first-order chi connectivity index (χ1) is 61.1. The van der Waals surface area contributed by atoms with E-state index in [0.29, 0.717) is 64.2 Å². The highest BCUT2D eigenvalue weighted by Crippen LogP contribution is 2.29. The quantitative estimate of drug-likeness (QED) is 0.0367. The van der Waals surface area contributed by atoms with E-state index in [2.05, 4.69) is 57.8 Å². The summed E-state index contributed by atoms with van der Waals surface area (Å²) in [5, 5.41) is 55.2. The van der Waals surface area contributed by atoms with Gasteiger partial charge in [0.25, 0.3) is 0 Å². The van der Waals surface area contributed by atoms with Crippen molar-refractivity contribution in [2.45, 2.75) is 228 Å². The molecule has 4 saturated heterocycles. The van der Waals surface area contributed by atoms with Gasteiger partial charge in [-0.05, 0) is 119 Å². The number of likely N-dealkylation sites (N-methyl/N-ethyl adjacent to an activating group) is 2. The van der Waals surface area contributed by atoms with Gasteiger partial charge in [0.1, 0.15) is 78.3 Å². The predicted octanol–water partition coefficient (Wildman–Crippen LogP) is -1.14. The largest absolute Gasteiger partial charge is 0.508 e. The van der Waals surface area contributed by atoms with Gasteiger partial charge in [-0.15, -0.1) is 11.8 Å². The van der Waals surface area contributed by atoms with Crippen LogP contribution in [-0.4, -0.2) is 300 Å². The second-order valence-corrected chi connectivity index (χ2v) is 33.9. The molecule has 4 aliphatic heterocycles. The van der Waals surface area contributed by atoms with Crippen LogP contribution in [0.4, 0.5) is 0 Å². The van der Waals surface area contributed by atoms with E-state index in [1.54, 1.807) is 48.8 Å². The van der Waals surface area contributed by atoms with Crippen LogP contribution in [0.1, 0.15) is 147 Å². The number of aromatic amines is 2. The van der Waals surface area contributed by atoms with Gasteiger partial charge in [-0.25, -0.2) is 0 Å². The Labute approximate surface area is 743 Å². The number of nitrogens with two attached hydrogens (primary N) is 3. The number of phenolic OH excluding ortho intramolecular Hbond substituents is 1. The van der Waals surface area contributed by atoms with E-state index in [9.17, 15) is 72.9 Å². The van der Waals surface area contributed by atoms with Gasteiger partial charge < -0.3 is 115 Å². The molecule has 4 aliphatic rings. The Morgan fingerprint density at radius 3 is 1.53 bits per heavy atom. The third kappa shape index (κ3) is 26.6. The number of carboxylic acids is 2. The van der Waals surface area contributed by atoms with E-state index in [1.807, 2.05) is 26.0 Å². The van der Waals surface area contributed by atoms with Gasteiger partial charge in [0.2, 0.25) is 88.6 Å². The van der Waals surface area contributed by atoms with Crippen LogP contribution in [0.2, 0.25) is 0 Å². The summed E-state index contributed by atoms with van der Waals surface area (Å²) in [7, 11) is 2.77. The summed E-state index contributed by atoms with van der Waals surface area (Å²) in [6, 6.07) is 0.531. The van der Waals surface area contributed by atoms with E-state index in [-0.39, 0.29) is 109 Å². The van der Waals surface area contributed by atoms with E-state index in [1.165, 1.54) is 55.1 Å². The molecule has 0 saturated carbocycles. The first-order valence-corrected chi connectivity index (χ1v) is 44.6. The molecule has 41 heteroatoms. The number of carbonyl (C=O) groups is 18. The van der Waals surface area contributed by atoms with Crippen molar-refractivity contribution in [2.75, 3.05) is 64.9 Å². The molecule has 6 heterocycles. The van der Waals surface area contributed by atoms with Crippen molar-refractivity contribution >= 4 is 140 Å². The zero-order valence-electron chi connectivity index (χ0n) is 72.5. The molecule has 0 radical (unpaired) electrons. The minimum absolute atomic E-state index is 0.00351. The summed E-state index contributed by atoms with van der Waals surface area (Å²) in [6.45, 7) is 3.17. The number of hydrogen-bond acceptors (Lipinski definition) is 22. The number of rotatable bonds is 23. The summed E-state index contributed by atoms with van der Waals surface area (Å²) in [5.41, 5.74) is 20.7. The number of amides is 15. The fraction of sp³-hybridized carbons (Fsp3) is 0.540. The topological polar surface area (TPSA) is 602 Å². The molecule has 9 rings (SSSR count). The van der Waals surface area contributed by atoms with Gasteiger partial charge in [-0.1, -0.05) is 88.1 Å². The number of carboxylic acid groups (broad SMARTS) is 2. The molecule has 0 aliphatic carbocycles. The summed E-state index contributed by atoms with van der Waals surface area (Å²) in [5.74, 6) is -19.4. The van der Waals surface area contributed by atoms with Crippen LogP contribution < -0.4 is 65.1 Å². The zero-order valence-corrected chi connectivity index (χ0v) is 73.3. The van der Waals surface area contributed by atoms with Gasteiger partial charge >= 0.3 is 11.9 Å². The summed E-state index contributed by atoms with van der Waals surface area (Å²) in [4.78, 5) is 271. The van der Waals surface area contributed by atoms with Gasteiger partial charge in [0, 0.05) is 118 Å². The fourth-order valence-electron chi connectivity index (χ4n) is 16.7. The number of phenols is 1. The average Bonchev–Trinajstić information content (AvgIpc) is 1.75. The number of nitrogens with one attached hydrogen (secondary N) is 11. The van der Waals surface area contributed by atoms with Crippen LogP contribution in [0.25, 0.3) is 21.8 Å². The third-order valence-electron chi connectivity index (χ3n) is 23.7. The van der Waals surface area contributed by atoms with Crippen LogP contribution >= 0.6 is 11.8 Å². The van der Waals surface area contributed by atoms with Gasteiger partial charge in [0.05, 0.1) is 24.8 Å². The van der Waals surface area contributed by atoms with Crippen LogP contribution in [0.3, 0.4) is 0 Å². The van der Waals surface area contributed by atoms with E-state index < -0.39 is 241 Å². The molecule has 694 valence electrons. The van der Waals surface area contributed by atoms with E-state index in [4.69, 9.17) is 17.2 Å². The number of primary amides is 1. The second kappa shape index (κ2) is 47.3. The molecule has 4 fully saturated rings. The molecular weight excluding hydrogens is 1680 g/mol. The van der Waals surface area contributed by atoms with Crippen LogP contribution in [-0.2, 0) is 106 Å². The van der Waals surface area contributed by atoms with Crippen molar-refractivity contribution < 1.29 is 102 Å². The molecule has 15 amide bonds. The molecule has 0 spiro atoms. The minimum Gasteiger partial charge on any atom is -0.508 e. The lowest BCUT2D eigenvalue weighted by Gasteiger charge is -2.36. The summed E-state index contributed by atoms with van der Waals surface area (Å²) in [6.07, 6.45) is 2.09. The molecule has 128 heavy (non-hydrogen) atoms. The Hall–Kier alpha value is -12.5. The molecular formula is C87H119N19O21S. The zero-order chi connectivity index (χ0) is 93.2. The Morgan fingerprint density at radius 2 is 1.00 bits per heavy atom. The van der Waals surface area contributed by atoms with E-state index in [0.717, 1.165) is 26.5 Å². The Morgan fingerprint density at radius 1 is 0.508 bits per heavy atom. The smallest absolute Gasteiger partial charge is 0.305 e. The number of aromatic nitrogens is 2. The molecule has 5 aromatic rings. The number of hydrogen-bond donors (Lipinski definition) is 17. The number of H-pyrrole nitrogens is 2. The van der Waals surface area contributed by atoms with Crippen molar-refractivity contribution in [3.63, 3.8) is 0 Å². The molecule has 2 aromatic heterocycles. The Bertz CT molecular complexity index is 4870. The van der Waals surface area contributed by atoms with Crippen molar-refractivity contribution in [1.82, 2.24) is 82.3 Å². The number of nitrogens with zero attached hydrogens (tertiary/aromatic N) is 5. The lowest BCUT2D eigenvalue weighted by atomic mass is 9.91. The third-order valence-corrected chi connectivity index (χ3v) is 24.8. The van der Waals surface area contributed by atoms with Crippen molar-refractivity contribution in [2.24, 2.45) is 23.1 Å². The number of Topliss-reactive ketones (excluding diaryl/α,β-unsaturated/α-hetero) is 1. The lowest BCUT2D eigenvalue weighted by Crippen LogP contribution is -2.61. The number of aromatic hydroxyl groups is 1. The lowest BCUT2D eigenvalue weighted by molar-refractivity contribution is -0.149. The summed E-state index contributed by atoms with van der Waals surface area (Å²) < 4.78 is 0. The molecule has 40 nitrogen and oxygen atoms in total. The number of fused-ring (bicyclic) bond motifs is 5. The number of carbonyl (C=O) groups excluding carboxylic acids is 16. The van der Waals surface area contributed by atoms with Crippen LogP contribution in [0, 0.1) is 5.92 Å². The maximum Gasteiger partial charge on any atom is 0.305 e. The van der Waals surface area contributed by atoms with Gasteiger partial charge in [0.15, 0.2) is 5.78 Å². The maximum atomic E-state index is 15.7. The highest BCUT2D eigenvalue weighted by molar-refractivity contribution is 8.00. The van der Waals surface area contributed by atoms with Crippen molar-refractivity contribution in [3.8, 4) is 5.75 Å². The number of para-hydroxylation sites is 2. The number of aliphatic carboxylic acids is 2. The Balaban J connectivity index is 1.07. The van der Waals surface area contributed by atoms with Crippen LogP contribution in [0.5, 0.6) is 5.75 Å².